The first kappa shape index (κ1) is 12.7. The van der Waals surface area contributed by atoms with Gasteiger partial charge < -0.3 is 11.1 Å². The van der Waals surface area contributed by atoms with E-state index in [1.165, 1.54) is 0 Å². The average Bonchev–Trinajstić information content (AvgIpc) is 1.89. The summed E-state index contributed by atoms with van der Waals surface area (Å²) >= 11 is 5.35. The third-order valence-corrected chi connectivity index (χ3v) is 1.09. The molecule has 0 saturated carbocycles. The molecular weight excluding hydrogens is 175 g/mol. The van der Waals surface area contributed by atoms with Crippen LogP contribution in [0.4, 0.5) is 0 Å². The second-order valence-electron chi connectivity index (χ2n) is 1.60. The highest BCUT2D eigenvalue weighted by atomic mass is 35.5. The van der Waals surface area contributed by atoms with Crippen LogP contribution >= 0.6 is 24.0 Å². The van der Waals surface area contributed by atoms with Crippen LogP contribution in [0.15, 0.2) is 0 Å². The Bertz CT molecular complexity index is 89.7. The second kappa shape index (κ2) is 9.01. The Morgan fingerprint density at radius 2 is 2.20 bits per heavy atom. The molecular formula is C5H12Cl2N2O. The highest BCUT2D eigenvalue weighted by molar-refractivity contribution is 6.17. The third kappa shape index (κ3) is 8.01. The minimum atomic E-state index is -0.125. The molecule has 1 amide bonds. The Morgan fingerprint density at radius 3 is 2.60 bits per heavy atom. The predicted molar refractivity (Wildman–Crippen MR) is 44.6 cm³/mol. The maximum Gasteiger partial charge on any atom is 0.233 e. The van der Waals surface area contributed by atoms with Gasteiger partial charge in [-0.1, -0.05) is 0 Å². The molecule has 0 fully saturated rings. The van der Waals surface area contributed by atoms with Crippen molar-refractivity contribution in [1.29, 1.82) is 0 Å². The fourth-order valence-electron chi connectivity index (χ4n) is 0.367. The highest BCUT2D eigenvalue weighted by Gasteiger charge is 1.92. The first-order valence-electron chi connectivity index (χ1n) is 2.84. The number of nitrogens with one attached hydrogen (secondary N) is 1. The van der Waals surface area contributed by atoms with E-state index in [9.17, 15) is 4.79 Å². The number of amides is 1. The van der Waals surface area contributed by atoms with E-state index in [1.54, 1.807) is 0 Å². The van der Waals surface area contributed by atoms with E-state index in [2.05, 4.69) is 5.32 Å². The molecule has 0 saturated heterocycles. The van der Waals surface area contributed by atoms with Crippen molar-refractivity contribution in [3.63, 3.8) is 0 Å². The Kier molecular flexibility index (Phi) is 11.4. The first-order chi connectivity index (χ1) is 4.31. The predicted octanol–water partition coefficient (Wildman–Crippen LogP) is 0.112. The molecule has 0 heterocycles. The molecule has 0 aliphatic rings. The summed E-state index contributed by atoms with van der Waals surface area (Å²) < 4.78 is 0. The van der Waals surface area contributed by atoms with Gasteiger partial charge in [0.05, 0.1) is 6.54 Å². The molecule has 0 radical (unpaired) electrons. The molecule has 62 valence electrons. The molecule has 0 aromatic heterocycles. The third-order valence-electron chi connectivity index (χ3n) is 0.818. The SMILES string of the molecule is Cl.NCC(=O)NCCCCl. The molecule has 5 heteroatoms. The summed E-state index contributed by atoms with van der Waals surface area (Å²) in [5.74, 6) is 0.449. The Morgan fingerprint density at radius 1 is 1.60 bits per heavy atom. The van der Waals surface area contributed by atoms with Gasteiger partial charge in [0.25, 0.3) is 0 Å². The van der Waals surface area contributed by atoms with Gasteiger partial charge in [-0.3, -0.25) is 4.79 Å². The number of alkyl halides is 1. The maximum absolute atomic E-state index is 10.4. The van der Waals surface area contributed by atoms with Gasteiger partial charge in [-0.2, -0.15) is 0 Å². The summed E-state index contributed by atoms with van der Waals surface area (Å²) in [6.07, 6.45) is 0.799. The summed E-state index contributed by atoms with van der Waals surface area (Å²) in [7, 11) is 0. The smallest absolute Gasteiger partial charge is 0.233 e. The van der Waals surface area contributed by atoms with E-state index in [0.29, 0.717) is 12.4 Å². The molecule has 0 rings (SSSR count). The van der Waals surface area contributed by atoms with Crippen LogP contribution in [0.5, 0.6) is 0 Å². The van der Waals surface area contributed by atoms with Crippen molar-refractivity contribution < 1.29 is 4.79 Å². The van der Waals surface area contributed by atoms with E-state index >= 15 is 0 Å². The van der Waals surface area contributed by atoms with Crippen molar-refractivity contribution >= 4 is 29.9 Å². The molecule has 10 heavy (non-hydrogen) atoms. The van der Waals surface area contributed by atoms with Crippen molar-refractivity contribution in [2.24, 2.45) is 5.73 Å². The van der Waals surface area contributed by atoms with E-state index in [1.807, 2.05) is 0 Å². The van der Waals surface area contributed by atoms with Gasteiger partial charge in [0, 0.05) is 12.4 Å². The van der Waals surface area contributed by atoms with Crippen molar-refractivity contribution in [1.82, 2.24) is 5.32 Å². The summed E-state index contributed by atoms with van der Waals surface area (Å²) in [5.41, 5.74) is 5.01. The molecule has 3 N–H and O–H groups in total. The Hall–Kier alpha value is 0.01000. The summed E-state index contributed by atoms with van der Waals surface area (Å²) in [6, 6.07) is 0. The van der Waals surface area contributed by atoms with Crippen LogP contribution in [-0.2, 0) is 4.79 Å². The van der Waals surface area contributed by atoms with Crippen molar-refractivity contribution in [2.75, 3.05) is 19.0 Å². The molecule has 0 bridgehead atoms. The molecule has 0 unspecified atom stereocenters. The standard InChI is InChI=1S/C5H11ClN2O.ClH/c6-2-1-3-8-5(9)4-7;/h1-4,7H2,(H,8,9);1H. The lowest BCUT2D eigenvalue weighted by Crippen LogP contribution is -2.31. The monoisotopic (exact) mass is 186 g/mol. The quantitative estimate of drug-likeness (QED) is 0.484. The normalized spacial score (nSPS) is 8.20. The van der Waals surface area contributed by atoms with Crippen LogP contribution in [0.3, 0.4) is 0 Å². The van der Waals surface area contributed by atoms with Crippen LogP contribution in [0.25, 0.3) is 0 Å². The Balaban J connectivity index is 0. The molecule has 0 aliphatic carbocycles. The summed E-state index contributed by atoms with van der Waals surface area (Å²) in [4.78, 5) is 10.4. The van der Waals surface area contributed by atoms with Crippen LogP contribution in [0, 0.1) is 0 Å². The number of hydrogen-bond donors (Lipinski definition) is 2. The molecule has 0 atom stereocenters. The van der Waals surface area contributed by atoms with Gasteiger partial charge in [-0.15, -0.1) is 24.0 Å². The second-order valence-corrected chi connectivity index (χ2v) is 1.97. The van der Waals surface area contributed by atoms with Gasteiger partial charge in [0.2, 0.25) is 5.91 Å². The van der Waals surface area contributed by atoms with Gasteiger partial charge in [0.15, 0.2) is 0 Å². The molecule has 0 aliphatic heterocycles. The fourth-order valence-corrected chi connectivity index (χ4v) is 0.500. The number of nitrogens with two attached hydrogens (primary N) is 1. The minimum absolute atomic E-state index is 0. The lowest BCUT2D eigenvalue weighted by atomic mass is 10.4. The summed E-state index contributed by atoms with van der Waals surface area (Å²) in [6.45, 7) is 0.682. The van der Waals surface area contributed by atoms with Crippen LogP contribution in [0.2, 0.25) is 0 Å². The number of hydrogen-bond acceptors (Lipinski definition) is 2. The molecule has 0 aromatic carbocycles. The number of rotatable bonds is 4. The van der Waals surface area contributed by atoms with Gasteiger partial charge >= 0.3 is 0 Å². The van der Waals surface area contributed by atoms with E-state index in [0.717, 1.165) is 6.42 Å². The van der Waals surface area contributed by atoms with E-state index in [4.69, 9.17) is 17.3 Å². The van der Waals surface area contributed by atoms with Crippen molar-refractivity contribution in [2.45, 2.75) is 6.42 Å². The first-order valence-corrected chi connectivity index (χ1v) is 3.37. The Labute approximate surface area is 71.7 Å². The van der Waals surface area contributed by atoms with Crippen LogP contribution in [0.1, 0.15) is 6.42 Å². The molecule has 3 nitrogen and oxygen atoms in total. The van der Waals surface area contributed by atoms with Gasteiger partial charge in [-0.05, 0) is 6.42 Å². The number of carbonyl (C=O) groups is 1. The number of halogens is 2. The topological polar surface area (TPSA) is 55.1 Å². The minimum Gasteiger partial charge on any atom is -0.355 e. The van der Waals surface area contributed by atoms with E-state index in [-0.39, 0.29) is 24.9 Å². The fraction of sp³-hybridized carbons (Fsp3) is 0.800. The van der Waals surface area contributed by atoms with Crippen LogP contribution in [-0.4, -0.2) is 24.9 Å². The molecule has 0 spiro atoms. The lowest BCUT2D eigenvalue weighted by Gasteiger charge is -1.98. The van der Waals surface area contributed by atoms with Crippen LogP contribution < -0.4 is 11.1 Å². The van der Waals surface area contributed by atoms with E-state index < -0.39 is 0 Å². The molecule has 0 aromatic rings. The average molecular weight is 187 g/mol. The number of carbonyl (C=O) groups excluding carboxylic acids is 1. The lowest BCUT2D eigenvalue weighted by molar-refractivity contribution is -0.119. The maximum atomic E-state index is 10.4. The largest absolute Gasteiger partial charge is 0.355 e. The zero-order valence-electron chi connectivity index (χ0n) is 5.60. The zero-order valence-corrected chi connectivity index (χ0v) is 7.17. The summed E-state index contributed by atoms with van der Waals surface area (Å²) in [5, 5.41) is 2.58. The van der Waals surface area contributed by atoms with Crippen molar-refractivity contribution in [3.8, 4) is 0 Å². The highest BCUT2D eigenvalue weighted by Crippen LogP contribution is 1.79. The van der Waals surface area contributed by atoms with Crippen molar-refractivity contribution in [3.05, 3.63) is 0 Å². The van der Waals surface area contributed by atoms with Gasteiger partial charge in [0.1, 0.15) is 0 Å². The zero-order chi connectivity index (χ0) is 7.11. The van der Waals surface area contributed by atoms with Gasteiger partial charge in [-0.25, -0.2) is 0 Å².